The fourth-order valence-corrected chi connectivity index (χ4v) is 1.44. The molecule has 0 aromatic heterocycles. The number of ether oxygens (including phenoxy) is 1. The van der Waals surface area contributed by atoms with Crippen LogP contribution in [-0.2, 0) is 4.74 Å². The average molecular weight is 158 g/mol. The summed E-state index contributed by atoms with van der Waals surface area (Å²) in [6, 6.07) is 0. The molecule has 0 spiro atoms. The number of hydrogen-bond donors (Lipinski definition) is 1. The van der Waals surface area contributed by atoms with Gasteiger partial charge in [-0.25, -0.2) is 0 Å². The predicted molar refractivity (Wildman–Crippen MR) is 44.4 cm³/mol. The average Bonchev–Trinajstić information content (AvgIpc) is 2.32. The number of hydrogen-bond acceptors (Lipinski definition) is 2. The van der Waals surface area contributed by atoms with Crippen LogP contribution >= 0.6 is 0 Å². The quantitative estimate of drug-likeness (QED) is 0.625. The first-order valence-corrected chi connectivity index (χ1v) is 4.26. The van der Waals surface area contributed by atoms with Crippen LogP contribution in [0.25, 0.3) is 0 Å². The van der Waals surface area contributed by atoms with Gasteiger partial charge in [0.05, 0.1) is 19.3 Å². The molecule has 1 fully saturated rings. The fourth-order valence-electron chi connectivity index (χ4n) is 1.44. The maximum absolute atomic E-state index is 8.82. The van der Waals surface area contributed by atoms with Crippen molar-refractivity contribution in [3.8, 4) is 0 Å². The molecule has 0 aromatic rings. The Hall–Kier alpha value is -0.0800. The zero-order valence-corrected chi connectivity index (χ0v) is 7.63. The molecule has 2 heteroatoms. The van der Waals surface area contributed by atoms with Crippen molar-refractivity contribution < 1.29 is 9.84 Å². The van der Waals surface area contributed by atoms with Gasteiger partial charge in [0, 0.05) is 0 Å². The first kappa shape index (κ1) is 9.01. The summed E-state index contributed by atoms with van der Waals surface area (Å²) in [5.74, 6) is 0.611. The Balaban J connectivity index is 2.42. The Morgan fingerprint density at radius 3 is 2.36 bits per heavy atom. The molecule has 2 nitrogen and oxygen atoms in total. The van der Waals surface area contributed by atoms with E-state index >= 15 is 0 Å². The molecule has 1 N–H and O–H groups in total. The molecule has 1 rings (SSSR count). The second kappa shape index (κ2) is 3.11. The molecule has 11 heavy (non-hydrogen) atoms. The molecule has 66 valence electrons. The molecule has 0 aromatic carbocycles. The van der Waals surface area contributed by atoms with Gasteiger partial charge in [0.2, 0.25) is 0 Å². The monoisotopic (exact) mass is 158 g/mol. The second-order valence-electron chi connectivity index (χ2n) is 4.44. The molecule has 1 aliphatic rings. The zero-order valence-electron chi connectivity index (χ0n) is 7.63. The molecule has 1 aliphatic heterocycles. The number of rotatable bonds is 1. The normalized spacial score (nSPS) is 32.7. The summed E-state index contributed by atoms with van der Waals surface area (Å²) in [5, 5.41) is 8.82. The first-order chi connectivity index (χ1) is 5.04. The summed E-state index contributed by atoms with van der Waals surface area (Å²) in [7, 11) is 0. The van der Waals surface area contributed by atoms with Gasteiger partial charge in [-0.15, -0.1) is 0 Å². The van der Waals surface area contributed by atoms with Crippen molar-refractivity contribution in [2.45, 2.75) is 33.3 Å². The van der Waals surface area contributed by atoms with Crippen LogP contribution in [0.3, 0.4) is 0 Å². The van der Waals surface area contributed by atoms with Crippen LogP contribution in [0.5, 0.6) is 0 Å². The van der Waals surface area contributed by atoms with E-state index in [9.17, 15) is 0 Å². The molecule has 1 saturated heterocycles. The SMILES string of the molecule is CC(C)(C)C1COC(CO)C1. The molecule has 0 aliphatic carbocycles. The van der Waals surface area contributed by atoms with Crippen molar-refractivity contribution in [2.24, 2.45) is 11.3 Å². The van der Waals surface area contributed by atoms with E-state index < -0.39 is 0 Å². The standard InChI is InChI=1S/C9H18O2/c1-9(2,3)7-4-8(5-10)11-6-7/h7-8,10H,4-6H2,1-3H3. The van der Waals surface area contributed by atoms with Gasteiger partial charge >= 0.3 is 0 Å². The highest BCUT2D eigenvalue weighted by Gasteiger charge is 2.33. The van der Waals surface area contributed by atoms with Gasteiger partial charge in [-0.1, -0.05) is 20.8 Å². The molecule has 0 bridgehead atoms. The topological polar surface area (TPSA) is 29.5 Å². The van der Waals surface area contributed by atoms with Crippen LogP contribution < -0.4 is 0 Å². The van der Waals surface area contributed by atoms with E-state index in [0.29, 0.717) is 11.3 Å². The van der Waals surface area contributed by atoms with Crippen LogP contribution in [-0.4, -0.2) is 24.4 Å². The lowest BCUT2D eigenvalue weighted by atomic mass is 9.79. The third-order valence-corrected chi connectivity index (χ3v) is 2.51. The molecule has 0 saturated carbocycles. The minimum Gasteiger partial charge on any atom is -0.394 e. The Bertz CT molecular complexity index is 126. The van der Waals surface area contributed by atoms with Crippen molar-refractivity contribution in [1.29, 1.82) is 0 Å². The van der Waals surface area contributed by atoms with Crippen LogP contribution in [0, 0.1) is 11.3 Å². The molecular formula is C9H18O2. The van der Waals surface area contributed by atoms with E-state index in [1.165, 1.54) is 0 Å². The molecule has 2 atom stereocenters. The van der Waals surface area contributed by atoms with Gasteiger partial charge in [-0.05, 0) is 17.8 Å². The van der Waals surface area contributed by atoms with Crippen molar-refractivity contribution in [1.82, 2.24) is 0 Å². The van der Waals surface area contributed by atoms with E-state index in [1.807, 2.05) is 0 Å². The van der Waals surface area contributed by atoms with Gasteiger partial charge in [-0.3, -0.25) is 0 Å². The minimum atomic E-state index is 0.0965. The Morgan fingerprint density at radius 1 is 1.45 bits per heavy atom. The predicted octanol–water partition coefficient (Wildman–Crippen LogP) is 1.43. The molecule has 0 radical (unpaired) electrons. The van der Waals surface area contributed by atoms with Crippen LogP contribution in [0.4, 0.5) is 0 Å². The van der Waals surface area contributed by atoms with Gasteiger partial charge in [0.15, 0.2) is 0 Å². The summed E-state index contributed by atoms with van der Waals surface area (Å²) in [6.07, 6.45) is 1.11. The third-order valence-electron chi connectivity index (χ3n) is 2.51. The van der Waals surface area contributed by atoms with Crippen molar-refractivity contribution >= 4 is 0 Å². The Morgan fingerprint density at radius 2 is 2.09 bits per heavy atom. The number of aliphatic hydroxyl groups excluding tert-OH is 1. The summed E-state index contributed by atoms with van der Waals surface area (Å²) in [4.78, 5) is 0. The van der Waals surface area contributed by atoms with E-state index in [2.05, 4.69) is 20.8 Å². The van der Waals surface area contributed by atoms with Gasteiger partial charge in [0.1, 0.15) is 0 Å². The third kappa shape index (κ3) is 2.17. The first-order valence-electron chi connectivity index (χ1n) is 4.26. The molecule has 1 heterocycles. The lowest BCUT2D eigenvalue weighted by molar-refractivity contribution is 0.0540. The molecule has 0 amide bonds. The van der Waals surface area contributed by atoms with E-state index in [-0.39, 0.29) is 12.7 Å². The zero-order chi connectivity index (χ0) is 8.48. The van der Waals surface area contributed by atoms with Crippen molar-refractivity contribution in [3.63, 3.8) is 0 Å². The lowest BCUT2D eigenvalue weighted by Crippen LogP contribution is -2.20. The second-order valence-corrected chi connectivity index (χ2v) is 4.44. The summed E-state index contributed by atoms with van der Waals surface area (Å²) < 4.78 is 5.39. The van der Waals surface area contributed by atoms with Crippen molar-refractivity contribution in [3.05, 3.63) is 0 Å². The molecule has 2 unspecified atom stereocenters. The minimum absolute atomic E-state index is 0.0965. The fraction of sp³-hybridized carbons (Fsp3) is 1.00. The summed E-state index contributed by atoms with van der Waals surface area (Å²) >= 11 is 0. The highest BCUT2D eigenvalue weighted by Crippen LogP contribution is 2.34. The highest BCUT2D eigenvalue weighted by molar-refractivity contribution is 4.81. The maximum atomic E-state index is 8.82. The Labute approximate surface area is 68.6 Å². The Kier molecular flexibility index (Phi) is 2.55. The maximum Gasteiger partial charge on any atom is 0.0809 e. The highest BCUT2D eigenvalue weighted by atomic mass is 16.5. The number of aliphatic hydroxyl groups is 1. The summed E-state index contributed by atoms with van der Waals surface area (Å²) in [6.45, 7) is 7.66. The van der Waals surface area contributed by atoms with E-state index in [1.54, 1.807) is 0 Å². The van der Waals surface area contributed by atoms with Crippen molar-refractivity contribution in [2.75, 3.05) is 13.2 Å². The van der Waals surface area contributed by atoms with Gasteiger partial charge in [0.25, 0.3) is 0 Å². The summed E-state index contributed by atoms with van der Waals surface area (Å²) in [5.41, 5.74) is 0.323. The molecular weight excluding hydrogens is 140 g/mol. The van der Waals surface area contributed by atoms with Crippen LogP contribution in [0.1, 0.15) is 27.2 Å². The largest absolute Gasteiger partial charge is 0.394 e. The van der Waals surface area contributed by atoms with E-state index in [4.69, 9.17) is 9.84 Å². The van der Waals surface area contributed by atoms with E-state index in [0.717, 1.165) is 13.0 Å². The lowest BCUT2D eigenvalue weighted by Gasteiger charge is -2.25. The van der Waals surface area contributed by atoms with Gasteiger partial charge in [-0.2, -0.15) is 0 Å². The van der Waals surface area contributed by atoms with Crippen LogP contribution in [0.2, 0.25) is 0 Å². The smallest absolute Gasteiger partial charge is 0.0809 e. The van der Waals surface area contributed by atoms with Gasteiger partial charge < -0.3 is 9.84 Å². The van der Waals surface area contributed by atoms with Crippen LogP contribution in [0.15, 0.2) is 0 Å².